The van der Waals surface area contributed by atoms with E-state index in [2.05, 4.69) is 10.3 Å². The second-order valence-corrected chi connectivity index (χ2v) is 7.34. The van der Waals surface area contributed by atoms with Crippen LogP contribution in [-0.2, 0) is 29.2 Å². The Morgan fingerprint density at radius 1 is 1.41 bits per heavy atom. The van der Waals surface area contributed by atoms with Gasteiger partial charge in [0.15, 0.2) is 0 Å². The Morgan fingerprint density at radius 2 is 2.17 bits per heavy atom. The molecular weight excluding hydrogens is 404 g/mol. The van der Waals surface area contributed by atoms with Gasteiger partial charge in [-0.3, -0.25) is 9.78 Å². The lowest BCUT2D eigenvalue weighted by atomic mass is 9.73. The summed E-state index contributed by atoms with van der Waals surface area (Å²) in [5.74, 6) is -1.62. The Hall–Kier alpha value is -2.60. The average Bonchev–Trinajstić information content (AvgIpc) is 2.70. The smallest absolute Gasteiger partial charge is 0.262 e. The number of nitrogens with one attached hydrogen (secondary N) is 1. The number of carbonyl (C=O) groups is 1. The third-order valence-electron chi connectivity index (χ3n) is 5.14. The van der Waals surface area contributed by atoms with Gasteiger partial charge in [0.05, 0.1) is 24.8 Å². The number of rotatable bonds is 5. The topological polar surface area (TPSA) is 106 Å². The van der Waals surface area contributed by atoms with E-state index in [1.165, 1.54) is 18.3 Å². The van der Waals surface area contributed by atoms with E-state index in [1.54, 1.807) is 0 Å². The van der Waals surface area contributed by atoms with Gasteiger partial charge in [0.2, 0.25) is 5.67 Å². The third kappa shape index (κ3) is 3.81. The summed E-state index contributed by atoms with van der Waals surface area (Å²) in [7, 11) is 0. The maximum atomic E-state index is 15.8. The van der Waals surface area contributed by atoms with E-state index >= 15 is 4.39 Å². The van der Waals surface area contributed by atoms with Gasteiger partial charge in [-0.25, -0.2) is 8.78 Å². The van der Waals surface area contributed by atoms with Gasteiger partial charge >= 0.3 is 0 Å². The number of amides is 1. The maximum Gasteiger partial charge on any atom is 0.262 e. The molecule has 0 spiro atoms. The molecule has 1 aromatic heterocycles. The van der Waals surface area contributed by atoms with Gasteiger partial charge in [-0.15, -0.1) is 0 Å². The summed E-state index contributed by atoms with van der Waals surface area (Å²) in [6.45, 7) is -0.727. The molecule has 9 heteroatoms. The lowest BCUT2D eigenvalue weighted by molar-refractivity contribution is -0.137. The van der Waals surface area contributed by atoms with Crippen molar-refractivity contribution in [2.75, 3.05) is 0 Å². The number of nitrogens with zero attached hydrogens (tertiary/aromatic N) is 2. The number of aromatic nitrogens is 1. The normalized spacial score (nSPS) is 23.2. The van der Waals surface area contributed by atoms with Crippen LogP contribution >= 0.6 is 11.6 Å². The van der Waals surface area contributed by atoms with Crippen molar-refractivity contribution >= 4 is 17.5 Å². The van der Waals surface area contributed by atoms with E-state index in [0.29, 0.717) is 0 Å². The minimum atomic E-state index is -2.48. The van der Waals surface area contributed by atoms with E-state index in [4.69, 9.17) is 16.9 Å². The Bertz CT molecular complexity index is 997. The van der Waals surface area contributed by atoms with Crippen LogP contribution in [0.5, 0.6) is 0 Å². The first-order chi connectivity index (χ1) is 13.7. The maximum absolute atomic E-state index is 15.8. The van der Waals surface area contributed by atoms with Gasteiger partial charge in [0.25, 0.3) is 5.91 Å². The zero-order chi connectivity index (χ0) is 21.2. The number of pyridine rings is 1. The molecule has 152 valence electrons. The molecule has 0 unspecified atom stereocenters. The van der Waals surface area contributed by atoms with E-state index in [9.17, 15) is 19.4 Å². The highest BCUT2D eigenvalue weighted by Gasteiger charge is 2.51. The predicted octanol–water partition coefficient (Wildman–Crippen LogP) is 2.74. The number of alkyl halides is 1. The quantitative estimate of drug-likeness (QED) is 0.688. The molecule has 3 rings (SSSR count). The van der Waals surface area contributed by atoms with Crippen molar-refractivity contribution < 1.29 is 23.8 Å². The van der Waals surface area contributed by atoms with Gasteiger partial charge in [-0.2, -0.15) is 5.26 Å². The SMILES string of the molecule is N#CC[C@]1(O)CC[C@@](F)(C(=O)NCc2c(Cl)cc(F)cc2CO)c2cccnc21. The Morgan fingerprint density at radius 3 is 2.86 bits per heavy atom. The molecule has 1 aromatic carbocycles. The lowest BCUT2D eigenvalue weighted by Crippen LogP contribution is -2.47. The number of carbonyl (C=O) groups excluding carboxylic acids is 1. The fourth-order valence-electron chi connectivity index (χ4n) is 3.57. The highest BCUT2D eigenvalue weighted by atomic mass is 35.5. The number of hydrogen-bond acceptors (Lipinski definition) is 5. The van der Waals surface area contributed by atoms with Crippen LogP contribution in [0.4, 0.5) is 8.78 Å². The molecule has 0 fully saturated rings. The number of fused-ring (bicyclic) bond motifs is 1. The molecule has 1 aliphatic rings. The lowest BCUT2D eigenvalue weighted by Gasteiger charge is -2.38. The first kappa shape index (κ1) is 21.1. The Balaban J connectivity index is 1.89. The molecule has 1 aliphatic carbocycles. The van der Waals surface area contributed by atoms with Crippen LogP contribution in [-0.4, -0.2) is 21.1 Å². The van der Waals surface area contributed by atoms with Crippen molar-refractivity contribution in [3.63, 3.8) is 0 Å². The van der Waals surface area contributed by atoms with E-state index in [1.807, 2.05) is 6.07 Å². The molecule has 0 aliphatic heterocycles. The molecule has 2 atom stereocenters. The van der Waals surface area contributed by atoms with E-state index < -0.39 is 29.6 Å². The van der Waals surface area contributed by atoms with Crippen molar-refractivity contribution in [1.29, 1.82) is 5.26 Å². The Kier molecular flexibility index (Phi) is 5.85. The number of aliphatic hydroxyl groups excluding tert-OH is 1. The number of halogens is 3. The van der Waals surface area contributed by atoms with Crippen LogP contribution < -0.4 is 5.32 Å². The predicted molar refractivity (Wildman–Crippen MR) is 99.6 cm³/mol. The molecule has 2 aromatic rings. The van der Waals surface area contributed by atoms with E-state index in [0.717, 1.165) is 12.1 Å². The molecule has 0 bridgehead atoms. The first-order valence-electron chi connectivity index (χ1n) is 8.85. The minimum absolute atomic E-state index is 0.00337. The summed E-state index contributed by atoms with van der Waals surface area (Å²) in [4.78, 5) is 16.8. The van der Waals surface area contributed by atoms with Crippen LogP contribution in [0.2, 0.25) is 5.02 Å². The molecule has 1 heterocycles. The van der Waals surface area contributed by atoms with Crippen molar-refractivity contribution in [3.05, 3.63) is 63.7 Å². The fraction of sp³-hybridized carbons (Fsp3) is 0.350. The summed E-state index contributed by atoms with van der Waals surface area (Å²) in [6.07, 6.45) is 0.573. The molecule has 6 nitrogen and oxygen atoms in total. The standard InChI is InChI=1S/C20H18ClF2N3O3/c21-16-9-13(22)8-12(11-27)14(16)10-26-18(28)20(23)4-3-19(29,5-6-24)17-15(20)2-1-7-25-17/h1-2,7-9,27,29H,3-5,10-11H2,(H,26,28)/t19-,20+/m1/s1. The van der Waals surface area contributed by atoms with Crippen molar-refractivity contribution in [1.82, 2.24) is 10.3 Å². The molecule has 3 N–H and O–H groups in total. The van der Waals surface area contributed by atoms with Crippen LogP contribution in [0.3, 0.4) is 0 Å². The Labute approximate surface area is 170 Å². The van der Waals surface area contributed by atoms with Crippen LogP contribution in [0, 0.1) is 17.1 Å². The molecule has 0 saturated heterocycles. The average molecular weight is 422 g/mol. The highest BCUT2D eigenvalue weighted by molar-refractivity contribution is 6.31. The van der Waals surface area contributed by atoms with Gasteiger partial charge in [-0.05, 0) is 42.2 Å². The summed E-state index contributed by atoms with van der Waals surface area (Å²) in [5.41, 5.74) is -3.80. The van der Waals surface area contributed by atoms with Crippen LogP contribution in [0.15, 0.2) is 30.5 Å². The summed E-state index contributed by atoms with van der Waals surface area (Å²) < 4.78 is 29.3. The monoisotopic (exact) mass is 421 g/mol. The summed E-state index contributed by atoms with van der Waals surface area (Å²) >= 11 is 6.00. The third-order valence-corrected chi connectivity index (χ3v) is 5.48. The molecular formula is C20H18ClF2N3O3. The zero-order valence-corrected chi connectivity index (χ0v) is 16.0. The van der Waals surface area contributed by atoms with Crippen LogP contribution in [0.1, 0.15) is 41.6 Å². The number of benzene rings is 1. The summed E-state index contributed by atoms with van der Waals surface area (Å²) in [6, 6.07) is 6.78. The number of aliphatic hydroxyl groups is 2. The van der Waals surface area contributed by atoms with E-state index in [-0.39, 0.29) is 53.2 Å². The number of hydrogen-bond donors (Lipinski definition) is 3. The fourth-order valence-corrected chi connectivity index (χ4v) is 3.86. The van der Waals surface area contributed by atoms with Crippen molar-refractivity contribution in [2.45, 2.75) is 43.7 Å². The molecule has 1 amide bonds. The molecule has 0 radical (unpaired) electrons. The van der Waals surface area contributed by atoms with Gasteiger partial charge in [0.1, 0.15) is 11.4 Å². The van der Waals surface area contributed by atoms with Gasteiger partial charge in [-0.1, -0.05) is 17.7 Å². The van der Waals surface area contributed by atoms with Crippen molar-refractivity contribution in [2.24, 2.45) is 0 Å². The highest BCUT2D eigenvalue weighted by Crippen LogP contribution is 2.46. The summed E-state index contributed by atoms with van der Waals surface area (Å²) in [5, 5.41) is 31.5. The van der Waals surface area contributed by atoms with Crippen molar-refractivity contribution in [3.8, 4) is 6.07 Å². The second kappa shape index (κ2) is 8.03. The van der Waals surface area contributed by atoms with Gasteiger partial charge in [0, 0.05) is 23.3 Å². The van der Waals surface area contributed by atoms with Crippen LogP contribution in [0.25, 0.3) is 0 Å². The number of nitriles is 1. The van der Waals surface area contributed by atoms with Gasteiger partial charge < -0.3 is 15.5 Å². The zero-order valence-electron chi connectivity index (χ0n) is 15.3. The molecule has 0 saturated carbocycles. The minimum Gasteiger partial charge on any atom is -0.392 e. The molecule has 29 heavy (non-hydrogen) atoms. The first-order valence-corrected chi connectivity index (χ1v) is 9.23. The second-order valence-electron chi connectivity index (χ2n) is 6.93. The largest absolute Gasteiger partial charge is 0.392 e.